The van der Waals surface area contributed by atoms with Gasteiger partial charge in [-0.25, -0.2) is 0 Å². The van der Waals surface area contributed by atoms with Crippen LogP contribution in [0.5, 0.6) is 0 Å². The van der Waals surface area contributed by atoms with Crippen LogP contribution < -0.4 is 0 Å². The first-order chi connectivity index (χ1) is 7.51. The Morgan fingerprint density at radius 2 is 2.55 bits per heavy atom. The van der Waals surface area contributed by atoms with Gasteiger partial charge in [-0.2, -0.15) is 5.10 Å². The minimum atomic E-state index is -2.68. The molecule has 0 unspecified atom stereocenters. The molecule has 0 N–H and O–H groups in total. The van der Waals surface area contributed by atoms with Gasteiger partial charge in [-0.3, -0.25) is 4.68 Å². The fraction of sp³-hybridized carbons (Fsp3) is 0.571. The highest BCUT2D eigenvalue weighted by Gasteiger charge is 2.02. The van der Waals surface area contributed by atoms with Crippen molar-refractivity contribution in [2.75, 3.05) is 14.0 Å². The maximum absolute atomic E-state index is 7.23. The van der Waals surface area contributed by atoms with Crippen LogP contribution in [0.4, 0.5) is 0 Å². The van der Waals surface area contributed by atoms with Crippen LogP contribution in [-0.2, 0) is 13.6 Å². The second kappa shape index (κ2) is 3.36. The number of aryl methyl sites for hydroxylation is 1. The minimum absolute atomic E-state index is 0.220. The average molecular weight is 224 g/mol. The number of rotatable bonds is 2. The number of nitrogens with zero attached hydrogens (tertiary/aromatic N) is 3. The van der Waals surface area contributed by atoms with E-state index in [0.29, 0.717) is 15.2 Å². The molecule has 1 aromatic rings. The molecule has 4 heteroatoms. The SMILES string of the molecule is [2H]C([2H])([2H])N(Cc1cc(Br)nn1C)C([2H])([2H])[2H]. The van der Waals surface area contributed by atoms with Gasteiger partial charge in [0, 0.05) is 21.8 Å². The van der Waals surface area contributed by atoms with Gasteiger partial charge in [0.2, 0.25) is 0 Å². The summed E-state index contributed by atoms with van der Waals surface area (Å²) in [6.07, 6.45) is 0. The molecule has 0 fully saturated rings. The Hall–Kier alpha value is -0.350. The molecule has 0 saturated carbocycles. The molecule has 62 valence electrons. The van der Waals surface area contributed by atoms with Crippen molar-refractivity contribution in [3.63, 3.8) is 0 Å². The molecule has 0 atom stereocenters. The lowest BCUT2D eigenvalue weighted by Crippen LogP contribution is -2.13. The van der Waals surface area contributed by atoms with Gasteiger partial charge in [-0.05, 0) is 35.9 Å². The van der Waals surface area contributed by atoms with E-state index in [1.165, 1.54) is 4.68 Å². The molecular weight excluding hydrogens is 206 g/mol. The molecular formula is C7H12BrN3. The summed E-state index contributed by atoms with van der Waals surface area (Å²) in [4.78, 5) is 0.490. The lowest BCUT2D eigenvalue weighted by atomic mass is 10.4. The third-order valence-corrected chi connectivity index (χ3v) is 1.65. The fourth-order valence-corrected chi connectivity index (χ4v) is 1.28. The number of aromatic nitrogens is 2. The fourth-order valence-electron chi connectivity index (χ4n) is 0.777. The Morgan fingerprint density at radius 1 is 1.82 bits per heavy atom. The molecule has 0 aromatic carbocycles. The molecule has 11 heavy (non-hydrogen) atoms. The summed E-state index contributed by atoms with van der Waals surface area (Å²) in [5.74, 6) is 0. The van der Waals surface area contributed by atoms with Gasteiger partial charge in [0.25, 0.3) is 0 Å². The lowest BCUT2D eigenvalue weighted by Gasteiger charge is -2.08. The highest BCUT2D eigenvalue weighted by molar-refractivity contribution is 9.10. The minimum Gasteiger partial charge on any atom is -0.304 e. The Balaban J connectivity index is 3.00. The predicted octanol–water partition coefficient (Wildman–Crippen LogP) is 1.24. The van der Waals surface area contributed by atoms with E-state index in [4.69, 9.17) is 8.22 Å². The zero-order valence-electron chi connectivity index (χ0n) is 12.0. The third kappa shape index (κ3) is 2.31. The van der Waals surface area contributed by atoms with Crippen LogP contribution in [0.2, 0.25) is 0 Å². The van der Waals surface area contributed by atoms with Gasteiger partial charge in [-0.1, -0.05) is 0 Å². The van der Waals surface area contributed by atoms with Crippen molar-refractivity contribution in [1.29, 1.82) is 0 Å². The maximum atomic E-state index is 7.23. The van der Waals surface area contributed by atoms with Crippen LogP contribution in [0.25, 0.3) is 0 Å². The Bertz CT molecular complexity index is 381. The zero-order chi connectivity index (χ0) is 13.4. The summed E-state index contributed by atoms with van der Waals surface area (Å²) < 4.78 is 45.3. The van der Waals surface area contributed by atoms with Crippen molar-refractivity contribution < 1.29 is 8.22 Å². The molecule has 3 nitrogen and oxygen atoms in total. The van der Waals surface area contributed by atoms with Crippen molar-refractivity contribution in [2.45, 2.75) is 6.54 Å². The number of halogens is 1. The van der Waals surface area contributed by atoms with Gasteiger partial charge in [0.1, 0.15) is 4.60 Å². The molecule has 0 radical (unpaired) electrons. The van der Waals surface area contributed by atoms with Crippen LogP contribution in [0, 0.1) is 0 Å². The predicted molar refractivity (Wildman–Crippen MR) is 48.3 cm³/mol. The summed E-state index contributed by atoms with van der Waals surface area (Å²) in [5.41, 5.74) is 0.504. The van der Waals surface area contributed by atoms with E-state index < -0.39 is 14.0 Å². The summed E-state index contributed by atoms with van der Waals surface area (Å²) >= 11 is 3.14. The molecule has 0 amide bonds. The summed E-state index contributed by atoms with van der Waals surface area (Å²) in [5, 5.41) is 3.97. The largest absolute Gasteiger partial charge is 0.304 e. The van der Waals surface area contributed by atoms with E-state index in [-0.39, 0.29) is 6.54 Å². The first-order valence-electron chi connectivity index (χ1n) is 5.98. The standard InChI is InChI=1S/C7H12BrN3/c1-10(2)5-6-4-7(8)9-11(6)3/h4H,5H2,1-3H3/i1D3,2D3. The average Bonchev–Trinajstić information content (AvgIpc) is 2.36. The smallest absolute Gasteiger partial charge is 0.128 e. The van der Waals surface area contributed by atoms with E-state index >= 15 is 0 Å². The molecule has 1 heterocycles. The van der Waals surface area contributed by atoms with Crippen LogP contribution in [0.3, 0.4) is 0 Å². The van der Waals surface area contributed by atoms with Crippen LogP contribution in [0.15, 0.2) is 10.7 Å². The zero-order valence-corrected chi connectivity index (χ0v) is 7.59. The molecule has 1 aromatic heterocycles. The van der Waals surface area contributed by atoms with Crippen LogP contribution in [0.1, 0.15) is 13.9 Å². The molecule has 0 aliphatic carbocycles. The number of hydrogen-bond donors (Lipinski definition) is 0. The Kier molecular flexibility index (Phi) is 1.09. The van der Waals surface area contributed by atoms with E-state index in [2.05, 4.69) is 21.0 Å². The highest BCUT2D eigenvalue weighted by Crippen LogP contribution is 2.10. The van der Waals surface area contributed by atoms with Crippen molar-refractivity contribution in [2.24, 2.45) is 7.05 Å². The number of hydrogen-bond acceptors (Lipinski definition) is 2. The van der Waals surface area contributed by atoms with Crippen molar-refractivity contribution in [1.82, 2.24) is 14.7 Å². The lowest BCUT2D eigenvalue weighted by molar-refractivity contribution is 0.387. The summed E-state index contributed by atoms with van der Waals surface area (Å²) in [6, 6.07) is 1.59. The van der Waals surface area contributed by atoms with Crippen molar-refractivity contribution in [3.05, 3.63) is 16.4 Å². The first kappa shape index (κ1) is 3.58. The van der Waals surface area contributed by atoms with Gasteiger partial charge in [0.05, 0.1) is 5.69 Å². The molecule has 0 saturated heterocycles. The summed E-state index contributed by atoms with van der Waals surface area (Å²) in [7, 11) is 1.62. The van der Waals surface area contributed by atoms with Crippen LogP contribution in [-0.4, -0.2) is 28.6 Å². The van der Waals surface area contributed by atoms with E-state index in [1.807, 2.05) is 0 Å². The normalized spacial score (nSPS) is 21.4. The molecule has 0 spiro atoms. The first-order valence-corrected chi connectivity index (χ1v) is 3.77. The third-order valence-electron chi connectivity index (χ3n) is 1.27. The van der Waals surface area contributed by atoms with Crippen LogP contribution >= 0.6 is 15.9 Å². The molecule has 0 aliphatic heterocycles. The highest BCUT2D eigenvalue weighted by atomic mass is 79.9. The van der Waals surface area contributed by atoms with E-state index in [9.17, 15) is 0 Å². The van der Waals surface area contributed by atoms with Gasteiger partial charge < -0.3 is 4.90 Å². The van der Waals surface area contributed by atoms with Gasteiger partial charge >= 0.3 is 0 Å². The van der Waals surface area contributed by atoms with Crippen molar-refractivity contribution >= 4 is 15.9 Å². The van der Waals surface area contributed by atoms with Crippen molar-refractivity contribution in [3.8, 4) is 0 Å². The monoisotopic (exact) mass is 223 g/mol. The van der Waals surface area contributed by atoms with Gasteiger partial charge in [-0.15, -0.1) is 0 Å². The molecule has 0 bridgehead atoms. The Morgan fingerprint density at radius 3 is 3.00 bits per heavy atom. The second-order valence-electron chi connectivity index (χ2n) is 2.17. The van der Waals surface area contributed by atoms with E-state index in [1.54, 1.807) is 13.1 Å². The maximum Gasteiger partial charge on any atom is 0.128 e. The topological polar surface area (TPSA) is 21.1 Å². The van der Waals surface area contributed by atoms with E-state index in [0.717, 1.165) is 0 Å². The quantitative estimate of drug-likeness (QED) is 0.753. The molecule has 1 rings (SSSR count). The van der Waals surface area contributed by atoms with Gasteiger partial charge in [0.15, 0.2) is 0 Å². The molecule has 0 aliphatic rings. The Labute approximate surface area is 83.6 Å². The second-order valence-corrected chi connectivity index (χ2v) is 2.98. The summed E-state index contributed by atoms with van der Waals surface area (Å²) in [6.45, 7) is -5.58.